The molecule has 2 aromatic rings. The summed E-state index contributed by atoms with van der Waals surface area (Å²) in [4.78, 5) is 11.9. The van der Waals surface area contributed by atoms with Crippen LogP contribution in [-0.2, 0) is 23.8 Å². The highest BCUT2D eigenvalue weighted by molar-refractivity contribution is 7.99. The first-order valence-corrected chi connectivity index (χ1v) is 7.80. The third-order valence-corrected chi connectivity index (χ3v) is 4.28. The Morgan fingerprint density at radius 3 is 2.22 bits per heavy atom. The Balaban J connectivity index is 2.21. The van der Waals surface area contributed by atoms with Gasteiger partial charge in [0.05, 0.1) is 12.0 Å². The van der Waals surface area contributed by atoms with E-state index in [1.807, 2.05) is 0 Å². The molecule has 0 radical (unpaired) electrons. The molecule has 0 atom stereocenters. The minimum absolute atomic E-state index is 0.0750. The van der Waals surface area contributed by atoms with Crippen LogP contribution in [0, 0.1) is 0 Å². The molecule has 0 heterocycles. The average molecular weight is 340 g/mol. The van der Waals surface area contributed by atoms with Gasteiger partial charge >= 0.3 is 12.1 Å². The lowest BCUT2D eigenvalue weighted by atomic mass is 10.1. The van der Waals surface area contributed by atoms with Gasteiger partial charge in [0.2, 0.25) is 0 Å². The van der Waals surface area contributed by atoms with Gasteiger partial charge in [0.15, 0.2) is 0 Å². The fourth-order valence-corrected chi connectivity index (χ4v) is 3.03. The molecule has 0 aliphatic heterocycles. The largest absolute Gasteiger partial charge is 0.481 e. The molecule has 23 heavy (non-hydrogen) atoms. The highest BCUT2D eigenvalue weighted by Crippen LogP contribution is 2.36. The molecule has 0 unspecified atom stereocenters. The maximum absolute atomic E-state index is 13.1. The van der Waals surface area contributed by atoms with Crippen molar-refractivity contribution in [1.82, 2.24) is 0 Å². The van der Waals surface area contributed by atoms with Gasteiger partial charge in [-0.25, -0.2) is 0 Å². The number of rotatable bonds is 5. The molecule has 0 bridgehead atoms. The predicted molar refractivity (Wildman–Crippen MR) is 82.7 cm³/mol. The Labute approximate surface area is 136 Å². The third kappa shape index (κ3) is 4.76. The Morgan fingerprint density at radius 1 is 1.09 bits per heavy atom. The van der Waals surface area contributed by atoms with E-state index in [9.17, 15) is 18.0 Å². The normalized spacial score (nSPS) is 11.5. The molecule has 0 amide bonds. The first-order valence-electron chi connectivity index (χ1n) is 6.98. The van der Waals surface area contributed by atoms with Crippen molar-refractivity contribution in [2.75, 3.05) is 0 Å². The zero-order valence-corrected chi connectivity index (χ0v) is 13.2. The van der Waals surface area contributed by atoms with E-state index in [-0.39, 0.29) is 12.0 Å². The van der Waals surface area contributed by atoms with Gasteiger partial charge in [0, 0.05) is 9.79 Å². The predicted octanol–water partition coefficient (Wildman–Crippen LogP) is 5.05. The van der Waals surface area contributed by atoms with E-state index in [1.165, 1.54) is 17.8 Å². The number of aliphatic carboxylic acids is 1. The number of aryl methyl sites for hydroxylation is 1. The van der Waals surface area contributed by atoms with Crippen molar-refractivity contribution >= 4 is 17.7 Å². The number of carboxylic acid groups (broad SMARTS) is 1. The minimum atomic E-state index is -4.37. The summed E-state index contributed by atoms with van der Waals surface area (Å²) in [6.45, 7) is 1.69. The van der Waals surface area contributed by atoms with Crippen LogP contribution < -0.4 is 0 Å². The summed E-state index contributed by atoms with van der Waals surface area (Å²) in [6, 6.07) is 11.1. The first kappa shape index (κ1) is 17.4. The highest BCUT2D eigenvalue weighted by Gasteiger charge is 2.33. The van der Waals surface area contributed by atoms with E-state index in [0.717, 1.165) is 11.0 Å². The minimum Gasteiger partial charge on any atom is -0.481 e. The van der Waals surface area contributed by atoms with Crippen LogP contribution >= 0.6 is 11.8 Å². The fraction of sp³-hybridized carbons (Fsp3) is 0.235. The first-order chi connectivity index (χ1) is 10.8. The van der Waals surface area contributed by atoms with E-state index < -0.39 is 17.7 Å². The molecule has 0 aromatic heterocycles. The van der Waals surface area contributed by atoms with Crippen LogP contribution in [0.4, 0.5) is 13.2 Å². The van der Waals surface area contributed by atoms with Crippen molar-refractivity contribution in [3.63, 3.8) is 0 Å². The maximum Gasteiger partial charge on any atom is 0.416 e. The number of benzene rings is 2. The summed E-state index contributed by atoms with van der Waals surface area (Å²) in [7, 11) is 0. The summed E-state index contributed by atoms with van der Waals surface area (Å²) in [5.74, 6) is -0.921. The lowest BCUT2D eigenvalue weighted by molar-refractivity contribution is -0.138. The van der Waals surface area contributed by atoms with Crippen LogP contribution in [-0.4, -0.2) is 11.1 Å². The Kier molecular flexibility index (Phi) is 5.36. The molecule has 2 nitrogen and oxygen atoms in total. The SMILES string of the molecule is CCc1ccc(Sc2ccc(CC(=O)O)cc2)cc1C(F)(F)F. The molecule has 6 heteroatoms. The number of hydrogen-bond acceptors (Lipinski definition) is 2. The van der Waals surface area contributed by atoms with Gasteiger partial charge in [0.1, 0.15) is 0 Å². The van der Waals surface area contributed by atoms with Crippen molar-refractivity contribution in [3.05, 3.63) is 59.2 Å². The van der Waals surface area contributed by atoms with Crippen LogP contribution in [0.3, 0.4) is 0 Å². The van der Waals surface area contributed by atoms with Gasteiger partial charge < -0.3 is 5.11 Å². The highest BCUT2D eigenvalue weighted by atomic mass is 32.2. The van der Waals surface area contributed by atoms with Gasteiger partial charge in [-0.1, -0.05) is 36.9 Å². The van der Waals surface area contributed by atoms with E-state index in [1.54, 1.807) is 37.3 Å². The Morgan fingerprint density at radius 2 is 1.70 bits per heavy atom. The monoisotopic (exact) mass is 340 g/mol. The molecule has 0 fully saturated rings. The Hall–Kier alpha value is -1.95. The molecule has 0 saturated carbocycles. The summed E-state index contributed by atoms with van der Waals surface area (Å²) >= 11 is 1.22. The zero-order valence-electron chi connectivity index (χ0n) is 12.4. The van der Waals surface area contributed by atoms with Gasteiger partial charge in [-0.3, -0.25) is 4.79 Å². The van der Waals surface area contributed by atoms with Crippen LogP contribution in [0.15, 0.2) is 52.3 Å². The molecule has 0 saturated heterocycles. The van der Waals surface area contributed by atoms with Crippen molar-refractivity contribution in [1.29, 1.82) is 0 Å². The standard InChI is InChI=1S/C17H15F3O2S/c1-2-12-5-8-14(10-15(12)17(18,19)20)23-13-6-3-11(4-7-13)9-16(21)22/h3-8,10H,2,9H2,1H3,(H,21,22). The summed E-state index contributed by atoms with van der Waals surface area (Å²) < 4.78 is 39.2. The van der Waals surface area contributed by atoms with Gasteiger partial charge in [-0.15, -0.1) is 0 Å². The number of hydrogen-bond donors (Lipinski definition) is 1. The van der Waals surface area contributed by atoms with Crippen molar-refractivity contribution < 1.29 is 23.1 Å². The second-order valence-electron chi connectivity index (χ2n) is 4.99. The fourth-order valence-electron chi connectivity index (χ4n) is 2.18. The number of carbonyl (C=O) groups is 1. The van der Waals surface area contributed by atoms with Gasteiger partial charge in [-0.2, -0.15) is 13.2 Å². The molecular formula is C17H15F3O2S. The summed E-state index contributed by atoms with van der Waals surface area (Å²) in [6.07, 6.45) is -4.12. The van der Waals surface area contributed by atoms with E-state index in [0.29, 0.717) is 16.9 Å². The van der Waals surface area contributed by atoms with Crippen LogP contribution in [0.25, 0.3) is 0 Å². The maximum atomic E-state index is 13.1. The van der Waals surface area contributed by atoms with E-state index in [2.05, 4.69) is 0 Å². The van der Waals surface area contributed by atoms with E-state index in [4.69, 9.17) is 5.11 Å². The lowest BCUT2D eigenvalue weighted by Crippen LogP contribution is -2.08. The van der Waals surface area contributed by atoms with Crippen LogP contribution in [0.1, 0.15) is 23.6 Å². The van der Waals surface area contributed by atoms with Crippen molar-refractivity contribution in [2.45, 2.75) is 35.7 Å². The smallest absolute Gasteiger partial charge is 0.416 e. The lowest BCUT2D eigenvalue weighted by Gasteiger charge is -2.13. The molecule has 2 rings (SSSR count). The number of alkyl halides is 3. The quantitative estimate of drug-likeness (QED) is 0.828. The van der Waals surface area contributed by atoms with Crippen molar-refractivity contribution in [2.24, 2.45) is 0 Å². The van der Waals surface area contributed by atoms with Crippen molar-refractivity contribution in [3.8, 4) is 0 Å². The van der Waals surface area contributed by atoms with Gasteiger partial charge in [-0.05, 0) is 41.8 Å². The van der Waals surface area contributed by atoms with Crippen LogP contribution in [0.2, 0.25) is 0 Å². The molecule has 0 aliphatic carbocycles. The molecule has 0 spiro atoms. The second-order valence-corrected chi connectivity index (χ2v) is 6.13. The van der Waals surface area contributed by atoms with E-state index >= 15 is 0 Å². The number of halogens is 3. The zero-order chi connectivity index (χ0) is 17.0. The topological polar surface area (TPSA) is 37.3 Å². The van der Waals surface area contributed by atoms with Gasteiger partial charge in [0.25, 0.3) is 0 Å². The second kappa shape index (κ2) is 7.08. The third-order valence-electron chi connectivity index (χ3n) is 3.28. The summed E-state index contributed by atoms with van der Waals surface area (Å²) in [5, 5.41) is 8.72. The Bertz CT molecular complexity index is 694. The molecule has 0 aliphatic rings. The molecule has 122 valence electrons. The molecule has 1 N–H and O–H groups in total. The number of carboxylic acids is 1. The molecule has 2 aromatic carbocycles. The molecular weight excluding hydrogens is 325 g/mol. The average Bonchev–Trinajstić information content (AvgIpc) is 2.48. The van der Waals surface area contributed by atoms with Crippen LogP contribution in [0.5, 0.6) is 0 Å². The summed E-state index contributed by atoms with van der Waals surface area (Å²) in [5.41, 5.74) is 0.324.